The van der Waals surface area contributed by atoms with Crippen molar-refractivity contribution in [3.05, 3.63) is 379 Å². The average Bonchev–Trinajstić information content (AvgIpc) is 1.53. The van der Waals surface area contributed by atoms with Crippen LogP contribution in [-0.2, 0) is 38.9 Å². The summed E-state index contributed by atoms with van der Waals surface area (Å²) in [6.07, 6.45) is 7.39. The van der Waals surface area contributed by atoms with Crippen LogP contribution in [0.25, 0.3) is 211 Å². The number of para-hydroxylation sites is 1. The van der Waals surface area contributed by atoms with Crippen molar-refractivity contribution in [2.24, 2.45) is 0 Å². The average molecular weight is 1780 g/mol. The van der Waals surface area contributed by atoms with Gasteiger partial charge in [-0.1, -0.05) is 355 Å². The highest BCUT2D eigenvalue weighted by Gasteiger charge is 2.43. The first-order valence-corrected chi connectivity index (χ1v) is 48.8. The summed E-state index contributed by atoms with van der Waals surface area (Å²) in [5, 5.41) is 8.85. The van der Waals surface area contributed by atoms with Crippen molar-refractivity contribution in [3.8, 4) is 147 Å². The molecule has 0 aliphatic heterocycles. The van der Waals surface area contributed by atoms with Crippen LogP contribution in [0, 0.1) is 0 Å². The monoisotopic (exact) mass is 1780 g/mol. The first kappa shape index (κ1) is 84.1. The van der Waals surface area contributed by atoms with Gasteiger partial charge in [0.2, 0.25) is 0 Å². The van der Waals surface area contributed by atoms with Crippen LogP contribution in [0.15, 0.2) is 344 Å². The van der Waals surface area contributed by atoms with E-state index in [-0.39, 0.29) is 32.5 Å². The van der Waals surface area contributed by atoms with Gasteiger partial charge in [0, 0.05) is 81.0 Å². The van der Waals surface area contributed by atoms with Gasteiger partial charge in [0.15, 0.2) is 52.4 Å². The maximum Gasteiger partial charge on any atom is 0.164 e. The van der Waals surface area contributed by atoms with Crippen LogP contribution < -0.4 is 0 Å². The number of fused-ring (bicyclic) bond motifs is 12. The quantitative estimate of drug-likeness (QED) is 0.0915. The molecule has 21 aromatic rings. The lowest BCUT2D eigenvalue weighted by molar-refractivity contribution is 0.310. The molecule has 16 aromatic carbocycles. The topological polar surface area (TPSA) is 129 Å². The van der Waals surface area contributed by atoms with E-state index in [1.54, 1.807) is 0 Å². The summed E-state index contributed by atoms with van der Waals surface area (Å²) in [6, 6.07) is 123. The van der Waals surface area contributed by atoms with Gasteiger partial charge in [-0.2, -0.15) is 0 Å². The minimum atomic E-state index is -0.173. The maximum absolute atomic E-state index is 6.44. The molecule has 5 aromatic heterocycles. The van der Waals surface area contributed by atoms with Gasteiger partial charge in [-0.05, 0) is 243 Å². The molecular formula is C125H103N9OS. The molecular weight excluding hydrogens is 1680 g/mol. The number of hydrogen-bond acceptors (Lipinski definition) is 11. The minimum absolute atomic E-state index is 0.0176. The molecule has 11 heteroatoms. The van der Waals surface area contributed by atoms with Crippen molar-refractivity contribution in [3.63, 3.8) is 0 Å². The first-order valence-electron chi connectivity index (χ1n) is 47.9. The molecule has 0 spiro atoms. The Morgan fingerprint density at radius 3 is 1.15 bits per heavy atom. The summed E-state index contributed by atoms with van der Waals surface area (Å²) < 4.78 is 8.90. The Kier molecular flexibility index (Phi) is 19.9. The molecule has 0 bridgehead atoms. The number of benzene rings is 16. The van der Waals surface area contributed by atoms with E-state index in [1.807, 2.05) is 35.6 Å². The SMILES string of the molecule is CC1(C)CCC(C)(C)c2cc(-c3nc(-c4ccc(-c5cccc(CC6(C)CCC(C)(C)c7cc(-c8nc(-c9cccc(-c%10ccccc%10)c9)nc(-c9cccc%10oc%11ccccc%11c9%10)n8)ccc76)c5)cc4)nc(-c4cc5cc(-c6ccc(-c7ccc(-c8nc(-c9ccc%10c(c9)C(C)(C)CCC%10(C)C)nc(-c9cccc%10sc%11ccccc%11c9%10)n8)cc7)cc6)ccc5c5ccccc45)n3)ccc21. The lowest BCUT2D eigenvalue weighted by Gasteiger charge is -2.44. The van der Waals surface area contributed by atoms with Gasteiger partial charge in [0.25, 0.3) is 0 Å². The molecule has 0 fully saturated rings. The third kappa shape index (κ3) is 14.9. The van der Waals surface area contributed by atoms with Crippen molar-refractivity contribution in [1.29, 1.82) is 0 Å². The fourth-order valence-corrected chi connectivity index (χ4v) is 23.3. The van der Waals surface area contributed by atoms with Crippen LogP contribution in [0.2, 0.25) is 0 Å². The van der Waals surface area contributed by atoms with Crippen LogP contribution in [0.4, 0.5) is 0 Å². The Morgan fingerprint density at radius 2 is 0.581 bits per heavy atom. The largest absolute Gasteiger partial charge is 0.456 e. The Bertz CT molecular complexity index is 8430. The fraction of sp³-hybridized carbons (Fsp3) is 0.192. The summed E-state index contributed by atoms with van der Waals surface area (Å²) in [6.45, 7) is 26.3. The molecule has 24 rings (SSSR count). The van der Waals surface area contributed by atoms with Crippen molar-refractivity contribution >= 4 is 75.0 Å². The van der Waals surface area contributed by atoms with E-state index in [4.69, 9.17) is 49.3 Å². The third-order valence-electron chi connectivity index (χ3n) is 30.4. The molecule has 0 amide bonds. The van der Waals surface area contributed by atoms with Gasteiger partial charge < -0.3 is 4.42 Å². The van der Waals surface area contributed by atoms with E-state index in [2.05, 4.69) is 392 Å². The van der Waals surface area contributed by atoms with E-state index in [9.17, 15) is 0 Å². The van der Waals surface area contributed by atoms with E-state index in [0.29, 0.717) is 52.4 Å². The predicted molar refractivity (Wildman–Crippen MR) is 563 cm³/mol. The molecule has 1 atom stereocenters. The summed E-state index contributed by atoms with van der Waals surface area (Å²) >= 11 is 1.81. The van der Waals surface area contributed by atoms with Crippen LogP contribution in [-0.4, -0.2) is 44.9 Å². The molecule has 0 N–H and O–H groups in total. The Hall–Kier alpha value is -14.9. The number of rotatable bonds is 15. The Morgan fingerprint density at radius 1 is 0.221 bits per heavy atom. The van der Waals surface area contributed by atoms with Gasteiger partial charge in [-0.15, -0.1) is 11.3 Å². The van der Waals surface area contributed by atoms with Crippen LogP contribution >= 0.6 is 11.3 Å². The molecule has 1 unspecified atom stereocenters. The zero-order valence-electron chi connectivity index (χ0n) is 78.6. The Labute approximate surface area is 797 Å². The lowest BCUT2D eigenvalue weighted by Crippen LogP contribution is -2.37. The molecule has 5 heterocycles. The van der Waals surface area contributed by atoms with Crippen LogP contribution in [0.3, 0.4) is 0 Å². The number of thiophene rings is 1. The van der Waals surface area contributed by atoms with Crippen LogP contribution in [0.5, 0.6) is 0 Å². The van der Waals surface area contributed by atoms with Crippen molar-refractivity contribution in [1.82, 2.24) is 44.9 Å². The summed E-state index contributed by atoms with van der Waals surface area (Å²) in [4.78, 5) is 48.9. The lowest BCUT2D eigenvalue weighted by atomic mass is 9.60. The molecule has 0 saturated carbocycles. The zero-order valence-corrected chi connectivity index (χ0v) is 79.4. The van der Waals surface area contributed by atoms with Gasteiger partial charge in [0.05, 0.1) is 0 Å². The maximum atomic E-state index is 6.44. The normalized spacial score (nSPS) is 16.2. The standard InChI is InChI=1S/C125H103N9OS/c1-120(2)61-63-122(5,6)102-71-87(54-58-99(102)120)114-126-111(129-118(133-114)97-36-24-40-108-110(97)95-34-18-20-39-107(95)136-108)81-49-45-78(46-50-81)77-41-43-80(44-42-77)85-53-57-91-90(69-85)70-98(93-32-16-15-31-92(91)93)119-130-112(127-115(134-119)88-55-59-100-103(72-88)123(7,8)64-62-121(100,3)4)82-51-47-79(48-52-82)83-28-21-25-75(67-83)74-125(11)66-65-124(9,10)104-73-89(56-60-101(104)125)116-128-113(86-30-22-29-84(68-86)76-26-13-12-14-27-76)131-117(132-116)96-35-23-38-106-109(96)94-33-17-19-37-105(94)135-106/h12-60,67-73H,61-66,74H2,1-11H3. The minimum Gasteiger partial charge on any atom is -0.456 e. The number of hydrogen-bond donors (Lipinski definition) is 0. The highest BCUT2D eigenvalue weighted by molar-refractivity contribution is 7.26. The van der Waals surface area contributed by atoms with Gasteiger partial charge in [-0.3, -0.25) is 0 Å². The number of aromatic nitrogens is 9. The molecule has 0 radical (unpaired) electrons. The highest BCUT2D eigenvalue weighted by atomic mass is 32.1. The first-order chi connectivity index (χ1) is 65.8. The van der Waals surface area contributed by atoms with Crippen molar-refractivity contribution in [2.45, 2.75) is 154 Å². The summed E-state index contributed by atoms with van der Waals surface area (Å²) in [7, 11) is 0. The molecule has 136 heavy (non-hydrogen) atoms. The van der Waals surface area contributed by atoms with Gasteiger partial charge >= 0.3 is 0 Å². The molecule has 660 valence electrons. The van der Waals surface area contributed by atoms with Crippen molar-refractivity contribution < 1.29 is 4.42 Å². The fourth-order valence-electron chi connectivity index (χ4n) is 22.2. The molecule has 3 aliphatic carbocycles. The van der Waals surface area contributed by atoms with E-state index < -0.39 is 0 Å². The van der Waals surface area contributed by atoms with E-state index in [1.165, 1.54) is 59.1 Å². The summed E-state index contributed by atoms with van der Waals surface area (Å²) in [5.74, 6) is 5.70. The Balaban J connectivity index is 0.541. The molecule has 3 aliphatic rings. The zero-order chi connectivity index (χ0) is 92.3. The van der Waals surface area contributed by atoms with Crippen LogP contribution in [0.1, 0.15) is 154 Å². The third-order valence-corrected chi connectivity index (χ3v) is 31.5. The summed E-state index contributed by atoms with van der Waals surface area (Å²) in [5.41, 5.74) is 28.4. The second-order valence-electron chi connectivity index (χ2n) is 41.7. The molecule has 0 saturated heterocycles. The van der Waals surface area contributed by atoms with E-state index >= 15 is 0 Å². The molecule has 10 nitrogen and oxygen atoms in total. The highest BCUT2D eigenvalue weighted by Crippen LogP contribution is 2.53. The second-order valence-corrected chi connectivity index (χ2v) is 42.8. The van der Waals surface area contributed by atoms with E-state index in [0.717, 1.165) is 183 Å². The smallest absolute Gasteiger partial charge is 0.164 e. The number of nitrogens with zero attached hydrogens (tertiary/aromatic N) is 9. The second kappa shape index (κ2) is 32.2. The predicted octanol–water partition coefficient (Wildman–Crippen LogP) is 32.8. The number of furan rings is 1. The van der Waals surface area contributed by atoms with Gasteiger partial charge in [0.1, 0.15) is 11.2 Å². The van der Waals surface area contributed by atoms with Gasteiger partial charge in [-0.25, -0.2) is 44.9 Å². The van der Waals surface area contributed by atoms with Crippen molar-refractivity contribution in [2.75, 3.05) is 0 Å².